The zero-order valence-electron chi connectivity index (χ0n) is 9.97. The zero-order chi connectivity index (χ0) is 13.5. The van der Waals surface area contributed by atoms with Crippen LogP contribution in [0.15, 0.2) is 0 Å². The van der Waals surface area contributed by atoms with Crippen molar-refractivity contribution in [2.45, 2.75) is 13.3 Å². The van der Waals surface area contributed by atoms with Gasteiger partial charge in [-0.25, -0.2) is 13.2 Å². The Morgan fingerprint density at radius 2 is 1.94 bits per heavy atom. The maximum atomic E-state index is 11.4. The maximum Gasteiger partial charge on any atom is 0.317 e. The lowest BCUT2D eigenvalue weighted by molar-refractivity contribution is -0.137. The van der Waals surface area contributed by atoms with Crippen LogP contribution in [0.25, 0.3) is 0 Å². The number of carboxylic acid groups (broad SMARTS) is 1. The van der Waals surface area contributed by atoms with Crippen molar-refractivity contribution in [1.29, 1.82) is 0 Å². The number of sulfone groups is 1. The molecule has 0 unspecified atom stereocenters. The molecule has 0 aromatic heterocycles. The fourth-order valence-corrected chi connectivity index (χ4v) is 1.66. The number of urea groups is 1. The summed E-state index contributed by atoms with van der Waals surface area (Å²) in [5, 5.41) is 10.8. The summed E-state index contributed by atoms with van der Waals surface area (Å²) < 4.78 is 22.2. The molecule has 0 aliphatic heterocycles. The average molecular weight is 266 g/mol. The SMILES string of the molecule is CCS(=O)(=O)CCNC(=O)N(C)CCC(=O)O. The Bertz CT molecular complexity index is 366. The molecule has 0 aromatic carbocycles. The topological polar surface area (TPSA) is 104 Å². The molecule has 2 N–H and O–H groups in total. The van der Waals surface area contributed by atoms with Crippen LogP contribution in [0.2, 0.25) is 0 Å². The Balaban J connectivity index is 3.90. The number of carbonyl (C=O) groups excluding carboxylic acids is 1. The van der Waals surface area contributed by atoms with E-state index in [0.29, 0.717) is 0 Å². The summed E-state index contributed by atoms with van der Waals surface area (Å²) >= 11 is 0. The van der Waals surface area contributed by atoms with Crippen LogP contribution < -0.4 is 5.32 Å². The Morgan fingerprint density at radius 1 is 1.35 bits per heavy atom. The Labute approximate surface area is 101 Å². The van der Waals surface area contributed by atoms with Gasteiger partial charge >= 0.3 is 12.0 Å². The van der Waals surface area contributed by atoms with Crippen LogP contribution in [-0.2, 0) is 14.6 Å². The second-order valence-corrected chi connectivity index (χ2v) is 6.01. The summed E-state index contributed by atoms with van der Waals surface area (Å²) in [6.45, 7) is 1.66. The second kappa shape index (κ2) is 7.10. The van der Waals surface area contributed by atoms with Gasteiger partial charge in [0, 0.05) is 25.9 Å². The van der Waals surface area contributed by atoms with Crippen LogP contribution in [-0.4, -0.2) is 62.1 Å². The molecule has 0 rings (SSSR count). The summed E-state index contributed by atoms with van der Waals surface area (Å²) in [7, 11) is -1.64. The Morgan fingerprint density at radius 3 is 2.41 bits per heavy atom. The highest BCUT2D eigenvalue weighted by atomic mass is 32.2. The molecule has 0 bridgehead atoms. The van der Waals surface area contributed by atoms with Gasteiger partial charge in [-0.05, 0) is 0 Å². The van der Waals surface area contributed by atoms with Gasteiger partial charge in [0.15, 0.2) is 9.84 Å². The molecule has 0 aliphatic rings. The lowest BCUT2D eigenvalue weighted by Gasteiger charge is -2.16. The highest BCUT2D eigenvalue weighted by molar-refractivity contribution is 7.91. The number of amides is 2. The van der Waals surface area contributed by atoms with Crippen LogP contribution in [0.3, 0.4) is 0 Å². The summed E-state index contributed by atoms with van der Waals surface area (Å²) in [6.07, 6.45) is -0.142. The molecular weight excluding hydrogens is 248 g/mol. The second-order valence-electron chi connectivity index (χ2n) is 3.53. The van der Waals surface area contributed by atoms with Crippen molar-refractivity contribution in [1.82, 2.24) is 10.2 Å². The Kier molecular flexibility index (Phi) is 6.55. The Hall–Kier alpha value is -1.31. The van der Waals surface area contributed by atoms with Gasteiger partial charge in [0.2, 0.25) is 0 Å². The third-order valence-electron chi connectivity index (χ3n) is 2.14. The van der Waals surface area contributed by atoms with Crippen molar-refractivity contribution < 1.29 is 23.1 Å². The minimum Gasteiger partial charge on any atom is -0.481 e. The number of nitrogens with one attached hydrogen (secondary N) is 1. The molecule has 0 heterocycles. The van der Waals surface area contributed by atoms with E-state index in [-0.39, 0.29) is 31.0 Å². The van der Waals surface area contributed by atoms with Gasteiger partial charge in [0.05, 0.1) is 12.2 Å². The number of carboxylic acids is 1. The van der Waals surface area contributed by atoms with Gasteiger partial charge in [-0.15, -0.1) is 0 Å². The number of nitrogens with zero attached hydrogens (tertiary/aromatic N) is 1. The largest absolute Gasteiger partial charge is 0.481 e. The van der Waals surface area contributed by atoms with Crippen molar-refractivity contribution in [3.8, 4) is 0 Å². The normalized spacial score (nSPS) is 10.9. The lowest BCUT2D eigenvalue weighted by Crippen LogP contribution is -2.40. The van der Waals surface area contributed by atoms with E-state index in [9.17, 15) is 18.0 Å². The first-order valence-corrected chi connectivity index (χ1v) is 7.02. The molecule has 17 heavy (non-hydrogen) atoms. The monoisotopic (exact) mass is 266 g/mol. The summed E-state index contributed by atoms with van der Waals surface area (Å²) in [5.74, 6) is -1.06. The van der Waals surface area contributed by atoms with Gasteiger partial charge in [0.1, 0.15) is 0 Å². The molecule has 0 spiro atoms. The van der Waals surface area contributed by atoms with E-state index in [1.165, 1.54) is 18.9 Å². The predicted molar refractivity (Wildman–Crippen MR) is 62.6 cm³/mol. The van der Waals surface area contributed by atoms with Crippen LogP contribution >= 0.6 is 0 Å². The number of hydrogen-bond donors (Lipinski definition) is 2. The third-order valence-corrected chi connectivity index (χ3v) is 3.84. The number of rotatable bonds is 7. The molecule has 0 saturated carbocycles. The molecule has 100 valence electrons. The third kappa shape index (κ3) is 7.56. The average Bonchev–Trinajstić information content (AvgIpc) is 2.25. The van der Waals surface area contributed by atoms with Gasteiger partial charge in [-0.1, -0.05) is 6.92 Å². The van der Waals surface area contributed by atoms with Crippen LogP contribution in [0.4, 0.5) is 4.79 Å². The van der Waals surface area contributed by atoms with E-state index in [1.54, 1.807) is 0 Å². The molecule has 0 fully saturated rings. The van der Waals surface area contributed by atoms with Crippen LogP contribution in [0.5, 0.6) is 0 Å². The number of carbonyl (C=O) groups is 2. The molecule has 0 radical (unpaired) electrons. The molecule has 0 atom stereocenters. The van der Waals surface area contributed by atoms with Gasteiger partial charge in [-0.3, -0.25) is 4.79 Å². The first-order chi connectivity index (χ1) is 7.78. The maximum absolute atomic E-state index is 11.4. The van der Waals surface area contributed by atoms with E-state index >= 15 is 0 Å². The van der Waals surface area contributed by atoms with Crippen molar-refractivity contribution >= 4 is 21.8 Å². The molecule has 2 amide bonds. The van der Waals surface area contributed by atoms with E-state index < -0.39 is 21.8 Å². The molecule has 7 nitrogen and oxygen atoms in total. The minimum absolute atomic E-state index is 0.0341. The lowest BCUT2D eigenvalue weighted by atomic mass is 10.4. The van der Waals surface area contributed by atoms with Crippen LogP contribution in [0, 0.1) is 0 Å². The van der Waals surface area contributed by atoms with Gasteiger partial charge in [0.25, 0.3) is 0 Å². The fourth-order valence-electron chi connectivity index (χ4n) is 0.958. The molecule has 0 saturated heterocycles. The number of hydrogen-bond acceptors (Lipinski definition) is 4. The van der Waals surface area contributed by atoms with Crippen molar-refractivity contribution in [2.75, 3.05) is 31.6 Å². The van der Waals surface area contributed by atoms with Gasteiger partial charge in [-0.2, -0.15) is 0 Å². The van der Waals surface area contributed by atoms with Crippen LogP contribution in [0.1, 0.15) is 13.3 Å². The van der Waals surface area contributed by atoms with E-state index in [1.807, 2.05) is 0 Å². The summed E-state index contributed by atoms with van der Waals surface area (Å²) in [5.41, 5.74) is 0. The smallest absolute Gasteiger partial charge is 0.317 e. The number of aliphatic carboxylic acids is 1. The molecule has 0 aliphatic carbocycles. The highest BCUT2D eigenvalue weighted by Crippen LogP contribution is 1.90. The van der Waals surface area contributed by atoms with Gasteiger partial charge < -0.3 is 15.3 Å². The zero-order valence-corrected chi connectivity index (χ0v) is 10.8. The predicted octanol–water partition coefficient (Wildman–Crippen LogP) is -0.463. The van der Waals surface area contributed by atoms with Crippen molar-refractivity contribution in [2.24, 2.45) is 0 Å². The van der Waals surface area contributed by atoms with Crippen molar-refractivity contribution in [3.63, 3.8) is 0 Å². The highest BCUT2D eigenvalue weighted by Gasteiger charge is 2.11. The summed E-state index contributed by atoms with van der Waals surface area (Å²) in [6, 6.07) is -0.474. The molecule has 0 aromatic rings. The van der Waals surface area contributed by atoms with E-state index in [4.69, 9.17) is 5.11 Å². The first kappa shape index (κ1) is 15.7. The fraction of sp³-hybridized carbons (Fsp3) is 0.778. The quantitative estimate of drug-likeness (QED) is 0.648. The molecule has 8 heteroatoms. The van der Waals surface area contributed by atoms with Crippen molar-refractivity contribution in [3.05, 3.63) is 0 Å². The first-order valence-electron chi connectivity index (χ1n) is 5.19. The van der Waals surface area contributed by atoms with E-state index in [2.05, 4.69) is 5.32 Å². The standard InChI is InChI=1S/C9H18N2O5S/c1-3-17(15,16)7-5-10-9(14)11(2)6-4-8(12)13/h3-7H2,1-2H3,(H,10,14)(H,12,13). The molecular formula is C9H18N2O5S. The van der Waals surface area contributed by atoms with E-state index in [0.717, 1.165) is 0 Å². The minimum atomic E-state index is -3.09. The summed E-state index contributed by atoms with van der Waals surface area (Å²) in [4.78, 5) is 22.8.